The molecule has 2 amide bonds. The van der Waals surface area contributed by atoms with Crippen molar-refractivity contribution in [2.45, 2.75) is 19.4 Å². The fourth-order valence-corrected chi connectivity index (χ4v) is 3.60. The second-order valence-corrected chi connectivity index (χ2v) is 7.32. The number of amides is 2. The Morgan fingerprint density at radius 3 is 2.41 bits per heavy atom. The number of anilines is 2. The van der Waals surface area contributed by atoms with Gasteiger partial charge in [0.05, 0.1) is 31.9 Å². The summed E-state index contributed by atoms with van der Waals surface area (Å²) in [5.41, 5.74) is 3.15. The van der Waals surface area contributed by atoms with Gasteiger partial charge in [-0.2, -0.15) is 5.10 Å². The van der Waals surface area contributed by atoms with Crippen LogP contribution in [0.25, 0.3) is 11.3 Å². The Morgan fingerprint density at radius 1 is 1.09 bits per heavy atom. The molecular weight excluding hydrogens is 412 g/mol. The molecule has 3 aromatic rings. The minimum absolute atomic E-state index is 0.0394. The van der Waals surface area contributed by atoms with Gasteiger partial charge in [-0.15, -0.1) is 0 Å². The average molecular weight is 434 g/mol. The van der Waals surface area contributed by atoms with Crippen LogP contribution in [-0.2, 0) is 14.3 Å². The third kappa shape index (κ3) is 3.92. The van der Waals surface area contributed by atoms with E-state index in [-0.39, 0.29) is 18.2 Å². The number of nitrogens with one attached hydrogen (secondary N) is 2. The molecule has 1 atom stereocenters. The molecule has 1 aliphatic heterocycles. The second kappa shape index (κ2) is 8.54. The van der Waals surface area contributed by atoms with Crippen LogP contribution in [0.5, 0.6) is 5.75 Å². The van der Waals surface area contributed by atoms with Gasteiger partial charge in [-0.25, -0.2) is 9.48 Å². The first-order chi connectivity index (χ1) is 15.4. The molecule has 2 heterocycles. The van der Waals surface area contributed by atoms with E-state index in [0.717, 1.165) is 16.9 Å². The maximum absolute atomic E-state index is 13.0. The molecule has 9 nitrogen and oxygen atoms in total. The highest BCUT2D eigenvalue weighted by molar-refractivity contribution is 6.02. The van der Waals surface area contributed by atoms with Crippen molar-refractivity contribution < 1.29 is 23.9 Å². The van der Waals surface area contributed by atoms with Crippen molar-refractivity contribution in [3.63, 3.8) is 0 Å². The first-order valence-electron chi connectivity index (χ1n) is 9.94. The molecule has 2 aromatic carbocycles. The quantitative estimate of drug-likeness (QED) is 0.597. The summed E-state index contributed by atoms with van der Waals surface area (Å²) >= 11 is 0. The molecule has 164 valence electrons. The van der Waals surface area contributed by atoms with Gasteiger partial charge in [0, 0.05) is 16.8 Å². The van der Waals surface area contributed by atoms with Crippen molar-refractivity contribution in [2.24, 2.45) is 0 Å². The Bertz CT molecular complexity index is 1180. The summed E-state index contributed by atoms with van der Waals surface area (Å²) in [6.45, 7) is 1.85. The molecule has 4 rings (SSSR count). The van der Waals surface area contributed by atoms with E-state index in [0.29, 0.717) is 22.8 Å². The molecule has 0 aliphatic carbocycles. The number of methoxy groups -OCH3 is 2. The largest absolute Gasteiger partial charge is 0.497 e. The Balaban J connectivity index is 1.61. The Hall–Kier alpha value is -4.14. The van der Waals surface area contributed by atoms with E-state index in [4.69, 9.17) is 4.74 Å². The number of rotatable bonds is 5. The molecule has 9 heteroatoms. The highest BCUT2D eigenvalue weighted by atomic mass is 16.5. The third-order valence-corrected chi connectivity index (χ3v) is 5.32. The molecule has 2 N–H and O–H groups in total. The summed E-state index contributed by atoms with van der Waals surface area (Å²) in [6, 6.07) is 12.9. The number of ether oxygens (including phenoxy) is 2. The molecule has 1 aromatic heterocycles. The number of nitrogens with zero attached hydrogens (tertiary/aromatic N) is 2. The zero-order chi connectivity index (χ0) is 22.8. The van der Waals surface area contributed by atoms with Crippen LogP contribution in [0.4, 0.5) is 11.5 Å². The topological polar surface area (TPSA) is 112 Å². The Morgan fingerprint density at radius 2 is 1.78 bits per heavy atom. The summed E-state index contributed by atoms with van der Waals surface area (Å²) in [7, 11) is 2.90. The van der Waals surface area contributed by atoms with Gasteiger partial charge < -0.3 is 20.1 Å². The summed E-state index contributed by atoms with van der Waals surface area (Å²) in [5.74, 6) is 0.112. The fraction of sp³-hybridized carbons (Fsp3) is 0.217. The SMILES string of the molecule is COC(=O)c1ccc(NC(=O)[C@@H]2CC(=O)Nc3c(C)c(-c4ccc(OC)cc4)nn32)cc1. The number of carbonyl (C=O) groups is 3. The van der Waals surface area contributed by atoms with E-state index in [1.165, 1.54) is 7.11 Å². The van der Waals surface area contributed by atoms with Gasteiger partial charge in [-0.3, -0.25) is 9.59 Å². The lowest BCUT2D eigenvalue weighted by Crippen LogP contribution is -2.35. The smallest absolute Gasteiger partial charge is 0.337 e. The van der Waals surface area contributed by atoms with Crippen LogP contribution >= 0.6 is 0 Å². The van der Waals surface area contributed by atoms with Gasteiger partial charge in [-0.05, 0) is 55.5 Å². The van der Waals surface area contributed by atoms with Crippen molar-refractivity contribution in [3.8, 4) is 17.0 Å². The minimum atomic E-state index is -0.815. The molecule has 1 aliphatic rings. The van der Waals surface area contributed by atoms with E-state index in [2.05, 4.69) is 20.5 Å². The summed E-state index contributed by atoms with van der Waals surface area (Å²) in [4.78, 5) is 36.9. The molecule has 0 unspecified atom stereocenters. The summed E-state index contributed by atoms with van der Waals surface area (Å²) in [6.07, 6.45) is -0.0394. The molecule has 0 spiro atoms. The maximum Gasteiger partial charge on any atom is 0.337 e. The van der Waals surface area contributed by atoms with E-state index >= 15 is 0 Å². The van der Waals surface area contributed by atoms with Gasteiger partial charge in [-0.1, -0.05) is 0 Å². The summed E-state index contributed by atoms with van der Waals surface area (Å²) < 4.78 is 11.4. The maximum atomic E-state index is 13.0. The van der Waals surface area contributed by atoms with Gasteiger partial charge in [0.25, 0.3) is 0 Å². The first-order valence-corrected chi connectivity index (χ1v) is 9.94. The van der Waals surface area contributed by atoms with Gasteiger partial charge in [0.1, 0.15) is 17.6 Å². The van der Waals surface area contributed by atoms with Crippen LogP contribution in [0.15, 0.2) is 48.5 Å². The lowest BCUT2D eigenvalue weighted by molar-refractivity contribution is -0.125. The molecular formula is C23H22N4O5. The number of hydrogen-bond acceptors (Lipinski definition) is 6. The van der Waals surface area contributed by atoms with Crippen molar-refractivity contribution in [1.82, 2.24) is 9.78 Å². The van der Waals surface area contributed by atoms with Crippen LogP contribution in [-0.4, -0.2) is 41.8 Å². The number of fused-ring (bicyclic) bond motifs is 1. The zero-order valence-corrected chi connectivity index (χ0v) is 17.8. The van der Waals surface area contributed by atoms with Crippen molar-refractivity contribution >= 4 is 29.3 Å². The summed E-state index contributed by atoms with van der Waals surface area (Å²) in [5, 5.41) is 10.3. The molecule has 0 fully saturated rings. The average Bonchev–Trinajstić information content (AvgIpc) is 3.14. The van der Waals surface area contributed by atoms with Crippen LogP contribution in [0, 0.1) is 6.92 Å². The second-order valence-electron chi connectivity index (χ2n) is 7.32. The van der Waals surface area contributed by atoms with E-state index in [9.17, 15) is 14.4 Å². The molecule has 0 saturated carbocycles. The lowest BCUT2D eigenvalue weighted by atomic mass is 10.1. The highest BCUT2D eigenvalue weighted by Gasteiger charge is 2.34. The molecule has 0 radical (unpaired) electrons. The van der Waals surface area contributed by atoms with E-state index in [1.807, 2.05) is 31.2 Å². The molecule has 0 saturated heterocycles. The van der Waals surface area contributed by atoms with Gasteiger partial charge in [0.15, 0.2) is 0 Å². The zero-order valence-electron chi connectivity index (χ0n) is 17.8. The third-order valence-electron chi connectivity index (χ3n) is 5.32. The number of carbonyl (C=O) groups excluding carboxylic acids is 3. The van der Waals surface area contributed by atoms with Crippen LogP contribution in [0.1, 0.15) is 28.4 Å². The van der Waals surface area contributed by atoms with Crippen molar-refractivity contribution in [2.75, 3.05) is 24.9 Å². The Labute approximate surface area is 184 Å². The van der Waals surface area contributed by atoms with Crippen molar-refractivity contribution in [3.05, 3.63) is 59.7 Å². The van der Waals surface area contributed by atoms with Crippen LogP contribution in [0.3, 0.4) is 0 Å². The highest BCUT2D eigenvalue weighted by Crippen LogP contribution is 2.35. The lowest BCUT2D eigenvalue weighted by Gasteiger charge is -2.24. The standard InChI is InChI=1S/C23H22N4O5/c1-13-20(14-6-10-17(31-2)11-7-14)26-27-18(12-19(28)25-21(13)27)22(29)24-16-8-4-15(5-9-16)23(30)32-3/h4-11,18H,12H2,1-3H3,(H,24,29)(H,25,28)/t18-/m0/s1. The molecule has 0 bridgehead atoms. The van der Waals surface area contributed by atoms with Gasteiger partial charge in [0.2, 0.25) is 11.8 Å². The van der Waals surface area contributed by atoms with Gasteiger partial charge >= 0.3 is 5.97 Å². The predicted octanol–water partition coefficient (Wildman–Crippen LogP) is 3.18. The van der Waals surface area contributed by atoms with Crippen LogP contribution < -0.4 is 15.4 Å². The number of benzene rings is 2. The fourth-order valence-electron chi connectivity index (χ4n) is 3.60. The van der Waals surface area contributed by atoms with E-state index < -0.39 is 12.0 Å². The Kier molecular flexibility index (Phi) is 5.63. The first kappa shape index (κ1) is 21.1. The normalized spacial score (nSPS) is 14.8. The van der Waals surface area contributed by atoms with Crippen LogP contribution in [0.2, 0.25) is 0 Å². The van der Waals surface area contributed by atoms with Crippen molar-refractivity contribution in [1.29, 1.82) is 0 Å². The monoisotopic (exact) mass is 434 g/mol. The predicted molar refractivity (Wildman–Crippen MR) is 118 cm³/mol. The number of hydrogen-bond donors (Lipinski definition) is 2. The number of aromatic nitrogens is 2. The van der Waals surface area contributed by atoms with E-state index in [1.54, 1.807) is 36.1 Å². The molecule has 32 heavy (non-hydrogen) atoms. The minimum Gasteiger partial charge on any atom is -0.497 e. The number of esters is 1.